The second-order valence-corrected chi connectivity index (χ2v) is 4.21. The fourth-order valence-corrected chi connectivity index (χ4v) is 1.48. The molecule has 0 N–H and O–H groups in total. The van der Waals surface area contributed by atoms with Crippen molar-refractivity contribution in [2.75, 3.05) is 33.8 Å². The topological polar surface area (TPSA) is 49.9 Å². The van der Waals surface area contributed by atoms with Gasteiger partial charge in [0.25, 0.3) is 0 Å². The zero-order valence-electron chi connectivity index (χ0n) is 11.5. The molecule has 1 atom stereocenters. The molecule has 1 amide bonds. The van der Waals surface area contributed by atoms with Crippen LogP contribution in [0, 0.1) is 0 Å². The number of hydrogen-bond donors (Lipinski definition) is 0. The van der Waals surface area contributed by atoms with E-state index in [1.54, 1.807) is 25.9 Å². The van der Waals surface area contributed by atoms with E-state index in [4.69, 9.17) is 4.74 Å². The van der Waals surface area contributed by atoms with Crippen LogP contribution >= 0.6 is 0 Å². The maximum Gasteiger partial charge on any atom is 0.307 e. The van der Waals surface area contributed by atoms with Crippen molar-refractivity contribution in [2.45, 2.75) is 33.2 Å². The highest BCUT2D eigenvalue weighted by molar-refractivity contribution is 5.77. The van der Waals surface area contributed by atoms with Crippen LogP contribution in [-0.4, -0.2) is 61.5 Å². The first-order chi connectivity index (χ1) is 7.92. The lowest BCUT2D eigenvalue weighted by atomic mass is 10.2. The van der Waals surface area contributed by atoms with E-state index in [1.807, 2.05) is 18.7 Å². The molecule has 100 valence electrons. The van der Waals surface area contributed by atoms with Gasteiger partial charge in [0, 0.05) is 20.1 Å². The van der Waals surface area contributed by atoms with Gasteiger partial charge in [0.15, 0.2) is 0 Å². The Morgan fingerprint density at radius 2 is 1.82 bits per heavy atom. The Bertz CT molecular complexity index is 254. The van der Waals surface area contributed by atoms with Crippen LogP contribution in [0.3, 0.4) is 0 Å². The van der Waals surface area contributed by atoms with Gasteiger partial charge >= 0.3 is 5.97 Å². The molecule has 0 radical (unpaired) electrons. The third-order valence-corrected chi connectivity index (χ3v) is 2.63. The standard InChI is InChI=1S/C12H24N2O3/c1-6-14(9-11(15)13(4)5)10(3)8-12(16)17-7-2/h10H,6-9H2,1-5H3. The van der Waals surface area contributed by atoms with E-state index in [0.29, 0.717) is 19.6 Å². The van der Waals surface area contributed by atoms with Crippen molar-refractivity contribution in [1.29, 1.82) is 0 Å². The molecule has 0 heterocycles. The molecule has 0 aliphatic carbocycles. The summed E-state index contributed by atoms with van der Waals surface area (Å²) in [5.41, 5.74) is 0. The molecule has 0 saturated heterocycles. The zero-order chi connectivity index (χ0) is 13.4. The molecule has 0 aromatic rings. The van der Waals surface area contributed by atoms with E-state index >= 15 is 0 Å². The Labute approximate surface area is 104 Å². The van der Waals surface area contributed by atoms with Gasteiger partial charge < -0.3 is 9.64 Å². The van der Waals surface area contributed by atoms with Crippen molar-refractivity contribution in [3.8, 4) is 0 Å². The minimum absolute atomic E-state index is 0.0166. The molecular formula is C12H24N2O3. The summed E-state index contributed by atoms with van der Waals surface area (Å²) in [5, 5.41) is 0. The summed E-state index contributed by atoms with van der Waals surface area (Å²) < 4.78 is 4.90. The molecule has 0 rings (SSSR count). The maximum absolute atomic E-state index is 11.6. The lowest BCUT2D eigenvalue weighted by Gasteiger charge is -2.27. The largest absolute Gasteiger partial charge is 0.466 e. The second kappa shape index (κ2) is 8.06. The summed E-state index contributed by atoms with van der Waals surface area (Å²) in [6, 6.07) is 0.0166. The summed E-state index contributed by atoms with van der Waals surface area (Å²) in [4.78, 5) is 26.5. The number of nitrogens with zero attached hydrogens (tertiary/aromatic N) is 2. The number of amides is 1. The Balaban J connectivity index is 4.25. The molecule has 0 spiro atoms. The summed E-state index contributed by atoms with van der Waals surface area (Å²) in [6.45, 7) is 7.17. The fourth-order valence-electron chi connectivity index (χ4n) is 1.48. The van der Waals surface area contributed by atoms with Crippen LogP contribution in [-0.2, 0) is 14.3 Å². The molecule has 0 bridgehead atoms. The zero-order valence-corrected chi connectivity index (χ0v) is 11.5. The minimum Gasteiger partial charge on any atom is -0.466 e. The minimum atomic E-state index is -0.212. The molecule has 1 unspecified atom stereocenters. The first-order valence-corrected chi connectivity index (χ1v) is 6.02. The van der Waals surface area contributed by atoms with Crippen LogP contribution in [0.5, 0.6) is 0 Å². The first kappa shape index (κ1) is 15.9. The van der Waals surface area contributed by atoms with Gasteiger partial charge in [-0.25, -0.2) is 0 Å². The Morgan fingerprint density at radius 1 is 1.24 bits per heavy atom. The van der Waals surface area contributed by atoms with Crippen LogP contribution in [0.2, 0.25) is 0 Å². The van der Waals surface area contributed by atoms with Crippen LogP contribution in [0.1, 0.15) is 27.2 Å². The van der Waals surface area contributed by atoms with E-state index in [-0.39, 0.29) is 17.9 Å². The van der Waals surface area contributed by atoms with E-state index in [1.165, 1.54) is 0 Å². The lowest BCUT2D eigenvalue weighted by molar-refractivity contribution is -0.145. The molecular weight excluding hydrogens is 220 g/mol. The first-order valence-electron chi connectivity index (χ1n) is 6.02. The smallest absolute Gasteiger partial charge is 0.307 e. The summed E-state index contributed by atoms with van der Waals surface area (Å²) >= 11 is 0. The van der Waals surface area contributed by atoms with Crippen molar-refractivity contribution in [3.05, 3.63) is 0 Å². The van der Waals surface area contributed by atoms with Crippen LogP contribution in [0.25, 0.3) is 0 Å². The summed E-state index contributed by atoms with van der Waals surface area (Å²) in [6.07, 6.45) is 0.322. The van der Waals surface area contributed by atoms with Gasteiger partial charge in [0.05, 0.1) is 19.6 Å². The highest BCUT2D eigenvalue weighted by Gasteiger charge is 2.19. The van der Waals surface area contributed by atoms with Gasteiger partial charge in [-0.1, -0.05) is 6.92 Å². The third-order valence-electron chi connectivity index (χ3n) is 2.63. The lowest BCUT2D eigenvalue weighted by Crippen LogP contribution is -2.42. The number of carbonyl (C=O) groups is 2. The van der Waals surface area contributed by atoms with E-state index < -0.39 is 0 Å². The van der Waals surface area contributed by atoms with Gasteiger partial charge in [-0.15, -0.1) is 0 Å². The quantitative estimate of drug-likeness (QED) is 0.620. The average Bonchev–Trinajstić information content (AvgIpc) is 2.25. The highest BCUT2D eigenvalue weighted by atomic mass is 16.5. The van der Waals surface area contributed by atoms with Gasteiger partial charge in [0.2, 0.25) is 5.91 Å². The van der Waals surface area contributed by atoms with Gasteiger partial charge in [-0.2, -0.15) is 0 Å². The molecule has 0 aromatic carbocycles. The van der Waals surface area contributed by atoms with Crippen molar-refractivity contribution < 1.29 is 14.3 Å². The Kier molecular flexibility index (Phi) is 7.54. The SMILES string of the molecule is CCOC(=O)CC(C)N(CC)CC(=O)N(C)C. The fraction of sp³-hybridized carbons (Fsp3) is 0.833. The average molecular weight is 244 g/mol. The van der Waals surface area contributed by atoms with Crippen LogP contribution < -0.4 is 0 Å². The summed E-state index contributed by atoms with van der Waals surface area (Å²) in [7, 11) is 3.46. The van der Waals surface area contributed by atoms with Crippen molar-refractivity contribution in [1.82, 2.24) is 9.80 Å². The third kappa shape index (κ3) is 6.26. The van der Waals surface area contributed by atoms with Crippen molar-refractivity contribution >= 4 is 11.9 Å². The normalized spacial score (nSPS) is 12.4. The number of ether oxygens (including phenoxy) is 1. The van der Waals surface area contributed by atoms with E-state index in [0.717, 1.165) is 6.54 Å². The van der Waals surface area contributed by atoms with Crippen molar-refractivity contribution in [3.63, 3.8) is 0 Å². The molecule has 0 fully saturated rings. The highest BCUT2D eigenvalue weighted by Crippen LogP contribution is 2.05. The van der Waals surface area contributed by atoms with Gasteiger partial charge in [-0.3, -0.25) is 14.5 Å². The monoisotopic (exact) mass is 244 g/mol. The Hall–Kier alpha value is -1.10. The number of esters is 1. The predicted molar refractivity (Wildman–Crippen MR) is 66.7 cm³/mol. The van der Waals surface area contributed by atoms with E-state index in [9.17, 15) is 9.59 Å². The molecule has 0 saturated carbocycles. The summed E-state index contributed by atoms with van der Waals surface area (Å²) in [5.74, 6) is -0.168. The Morgan fingerprint density at radius 3 is 2.24 bits per heavy atom. The molecule has 0 aromatic heterocycles. The second-order valence-electron chi connectivity index (χ2n) is 4.21. The molecule has 17 heavy (non-hydrogen) atoms. The number of carbonyl (C=O) groups excluding carboxylic acids is 2. The molecule has 0 aliphatic rings. The maximum atomic E-state index is 11.6. The molecule has 5 nitrogen and oxygen atoms in total. The predicted octanol–water partition coefficient (Wildman–Crippen LogP) is 0.738. The van der Waals surface area contributed by atoms with Crippen molar-refractivity contribution in [2.24, 2.45) is 0 Å². The number of likely N-dealkylation sites (N-methyl/N-ethyl adjacent to an activating group) is 2. The molecule has 0 aliphatic heterocycles. The molecule has 5 heteroatoms. The van der Waals surface area contributed by atoms with Crippen LogP contribution in [0.4, 0.5) is 0 Å². The number of rotatable bonds is 7. The van der Waals surface area contributed by atoms with Gasteiger partial charge in [0.1, 0.15) is 0 Å². The van der Waals surface area contributed by atoms with Crippen LogP contribution in [0.15, 0.2) is 0 Å². The van der Waals surface area contributed by atoms with Gasteiger partial charge in [-0.05, 0) is 20.4 Å². The number of hydrogen-bond acceptors (Lipinski definition) is 4. The van der Waals surface area contributed by atoms with E-state index in [2.05, 4.69) is 0 Å².